The van der Waals surface area contributed by atoms with Crippen LogP contribution in [0.25, 0.3) is 11.5 Å². The minimum absolute atomic E-state index is 0.245. The summed E-state index contributed by atoms with van der Waals surface area (Å²) in [7, 11) is 1.81. The summed E-state index contributed by atoms with van der Waals surface area (Å²) in [6.07, 6.45) is 3.89. The Bertz CT molecular complexity index is 958. The largest absolute Gasteiger partial charge is 0.490 e. The molecule has 1 aliphatic heterocycles. The first kappa shape index (κ1) is 20.0. The molecule has 6 heteroatoms. The maximum atomic E-state index is 6.09. The van der Waals surface area contributed by atoms with Crippen LogP contribution in [-0.4, -0.2) is 42.1 Å². The molecule has 0 unspecified atom stereocenters. The fraction of sp³-hybridized carbons (Fsp3) is 0.333. The number of nitrogens with one attached hydrogen (secondary N) is 1. The highest BCUT2D eigenvalue weighted by Crippen LogP contribution is 2.20. The summed E-state index contributed by atoms with van der Waals surface area (Å²) in [5, 5.41) is 3.41. The van der Waals surface area contributed by atoms with Crippen molar-refractivity contribution in [3.63, 3.8) is 0 Å². The topological polar surface area (TPSA) is 62.9 Å². The number of hydrogen-bond acceptors (Lipinski definition) is 4. The number of guanidine groups is 1. The molecule has 1 saturated heterocycles. The van der Waals surface area contributed by atoms with Gasteiger partial charge in [0.15, 0.2) is 5.96 Å². The fourth-order valence-electron chi connectivity index (χ4n) is 3.60. The Hall–Kier alpha value is -3.28. The van der Waals surface area contributed by atoms with E-state index in [0.717, 1.165) is 48.9 Å². The molecule has 6 nitrogen and oxygen atoms in total. The van der Waals surface area contributed by atoms with E-state index in [1.165, 1.54) is 5.56 Å². The van der Waals surface area contributed by atoms with Crippen molar-refractivity contribution in [2.45, 2.75) is 32.4 Å². The number of rotatable bonds is 5. The molecule has 1 aromatic heterocycles. The number of nitrogens with zero attached hydrogens (tertiary/aromatic N) is 3. The van der Waals surface area contributed by atoms with E-state index in [1.54, 1.807) is 6.26 Å². The number of oxazole rings is 1. The van der Waals surface area contributed by atoms with Gasteiger partial charge in [0.25, 0.3) is 0 Å². The molecule has 1 fully saturated rings. The van der Waals surface area contributed by atoms with Crippen molar-refractivity contribution in [1.29, 1.82) is 0 Å². The van der Waals surface area contributed by atoms with E-state index in [-0.39, 0.29) is 6.10 Å². The molecule has 3 aromatic rings. The van der Waals surface area contributed by atoms with E-state index in [2.05, 4.69) is 39.2 Å². The first-order valence-electron chi connectivity index (χ1n) is 10.4. The van der Waals surface area contributed by atoms with Gasteiger partial charge in [0, 0.05) is 38.5 Å². The lowest BCUT2D eigenvalue weighted by Crippen LogP contribution is -2.47. The van der Waals surface area contributed by atoms with E-state index in [9.17, 15) is 0 Å². The second kappa shape index (κ2) is 9.48. The van der Waals surface area contributed by atoms with E-state index in [4.69, 9.17) is 9.15 Å². The number of ether oxygens (including phenoxy) is 1. The molecule has 2 aromatic carbocycles. The Labute approximate surface area is 177 Å². The number of aromatic nitrogens is 1. The third kappa shape index (κ3) is 5.00. The first-order chi connectivity index (χ1) is 14.7. The number of hydrogen-bond donors (Lipinski definition) is 1. The lowest BCUT2D eigenvalue weighted by atomic mass is 10.1. The Kier molecular flexibility index (Phi) is 6.32. The number of piperidine rings is 1. The number of benzene rings is 2. The van der Waals surface area contributed by atoms with Crippen LogP contribution in [0.5, 0.6) is 5.75 Å². The molecule has 0 atom stereocenters. The SMILES string of the molecule is CN=C(NCc1coc(-c2ccc(C)cc2)n1)N1CCC(Oc2ccccc2)CC1. The molecule has 1 aliphatic rings. The summed E-state index contributed by atoms with van der Waals surface area (Å²) in [6, 6.07) is 18.2. The standard InChI is InChI=1S/C24H28N4O2/c1-18-8-10-19(11-9-18)23-27-20(17-29-23)16-26-24(25-2)28-14-12-22(13-15-28)30-21-6-4-3-5-7-21/h3-11,17,22H,12-16H2,1-2H3,(H,25,26). The lowest BCUT2D eigenvalue weighted by molar-refractivity contribution is 0.129. The van der Waals surface area contributed by atoms with Crippen LogP contribution in [-0.2, 0) is 6.54 Å². The number of likely N-dealkylation sites (tertiary alicyclic amines) is 1. The molecular weight excluding hydrogens is 376 g/mol. The van der Waals surface area contributed by atoms with Gasteiger partial charge in [-0.1, -0.05) is 35.9 Å². The smallest absolute Gasteiger partial charge is 0.226 e. The van der Waals surface area contributed by atoms with Gasteiger partial charge in [0.2, 0.25) is 5.89 Å². The second-order valence-electron chi connectivity index (χ2n) is 7.53. The predicted octanol–water partition coefficient (Wildman–Crippen LogP) is 4.27. The number of aryl methyl sites for hydroxylation is 1. The molecule has 0 radical (unpaired) electrons. The van der Waals surface area contributed by atoms with Crippen molar-refractivity contribution in [3.8, 4) is 17.2 Å². The van der Waals surface area contributed by atoms with E-state index >= 15 is 0 Å². The molecular formula is C24H28N4O2. The molecule has 2 heterocycles. The van der Waals surface area contributed by atoms with E-state index in [0.29, 0.717) is 12.4 Å². The van der Waals surface area contributed by atoms with Gasteiger partial charge in [-0.05, 0) is 31.2 Å². The summed E-state index contributed by atoms with van der Waals surface area (Å²) in [6.45, 7) is 4.45. The van der Waals surface area contributed by atoms with E-state index < -0.39 is 0 Å². The zero-order valence-electron chi connectivity index (χ0n) is 17.5. The van der Waals surface area contributed by atoms with Crippen molar-refractivity contribution in [1.82, 2.24) is 15.2 Å². The Morgan fingerprint density at radius 1 is 1.13 bits per heavy atom. The van der Waals surface area contributed by atoms with Crippen LogP contribution in [0.15, 0.2) is 70.3 Å². The highest BCUT2D eigenvalue weighted by molar-refractivity contribution is 5.79. The van der Waals surface area contributed by atoms with Crippen LogP contribution in [0.4, 0.5) is 0 Å². The van der Waals surface area contributed by atoms with Gasteiger partial charge in [0.1, 0.15) is 18.1 Å². The minimum Gasteiger partial charge on any atom is -0.490 e. The normalized spacial score (nSPS) is 15.3. The van der Waals surface area contributed by atoms with Crippen molar-refractivity contribution in [2.24, 2.45) is 4.99 Å². The van der Waals surface area contributed by atoms with Crippen LogP contribution < -0.4 is 10.1 Å². The maximum Gasteiger partial charge on any atom is 0.226 e. The summed E-state index contributed by atoms with van der Waals surface area (Å²) in [5.74, 6) is 2.46. The Morgan fingerprint density at radius 3 is 2.57 bits per heavy atom. The summed E-state index contributed by atoms with van der Waals surface area (Å²) in [4.78, 5) is 11.3. The van der Waals surface area contributed by atoms with Crippen LogP contribution in [0, 0.1) is 6.92 Å². The summed E-state index contributed by atoms with van der Waals surface area (Å²) >= 11 is 0. The molecule has 0 amide bonds. The summed E-state index contributed by atoms with van der Waals surface area (Å²) in [5.41, 5.74) is 3.06. The molecule has 4 rings (SSSR count). The predicted molar refractivity (Wildman–Crippen MR) is 119 cm³/mol. The summed E-state index contributed by atoms with van der Waals surface area (Å²) < 4.78 is 11.7. The highest BCUT2D eigenvalue weighted by Gasteiger charge is 2.22. The fourth-order valence-corrected chi connectivity index (χ4v) is 3.60. The zero-order chi connectivity index (χ0) is 20.8. The Balaban J connectivity index is 1.28. The third-order valence-corrected chi connectivity index (χ3v) is 5.28. The van der Waals surface area contributed by atoms with Crippen LogP contribution in [0.2, 0.25) is 0 Å². The molecule has 0 bridgehead atoms. The second-order valence-corrected chi connectivity index (χ2v) is 7.53. The average Bonchev–Trinajstić information content (AvgIpc) is 3.25. The van der Waals surface area contributed by atoms with Gasteiger partial charge in [-0.15, -0.1) is 0 Å². The van der Waals surface area contributed by atoms with Gasteiger partial charge in [-0.2, -0.15) is 0 Å². The van der Waals surface area contributed by atoms with Crippen LogP contribution in [0.3, 0.4) is 0 Å². The first-order valence-corrected chi connectivity index (χ1v) is 10.4. The van der Waals surface area contributed by atoms with Crippen molar-refractivity contribution >= 4 is 5.96 Å². The monoisotopic (exact) mass is 404 g/mol. The van der Waals surface area contributed by atoms with E-state index in [1.807, 2.05) is 49.5 Å². The lowest BCUT2D eigenvalue weighted by Gasteiger charge is -2.34. The maximum absolute atomic E-state index is 6.09. The minimum atomic E-state index is 0.245. The molecule has 0 spiro atoms. The Morgan fingerprint density at radius 2 is 1.87 bits per heavy atom. The zero-order valence-corrected chi connectivity index (χ0v) is 17.5. The molecule has 0 saturated carbocycles. The number of aliphatic imine (C=N–C) groups is 1. The third-order valence-electron chi connectivity index (χ3n) is 5.28. The van der Waals surface area contributed by atoms with Gasteiger partial charge in [-0.25, -0.2) is 4.98 Å². The average molecular weight is 405 g/mol. The van der Waals surface area contributed by atoms with Gasteiger partial charge in [-0.3, -0.25) is 4.99 Å². The van der Waals surface area contributed by atoms with Gasteiger partial charge < -0.3 is 19.4 Å². The quantitative estimate of drug-likeness (QED) is 0.508. The number of para-hydroxylation sites is 1. The van der Waals surface area contributed by atoms with Gasteiger partial charge in [0.05, 0.1) is 12.2 Å². The molecule has 1 N–H and O–H groups in total. The van der Waals surface area contributed by atoms with Crippen molar-refractivity contribution < 1.29 is 9.15 Å². The van der Waals surface area contributed by atoms with Crippen molar-refractivity contribution in [3.05, 3.63) is 72.1 Å². The van der Waals surface area contributed by atoms with Gasteiger partial charge >= 0.3 is 0 Å². The molecule has 0 aliphatic carbocycles. The van der Waals surface area contributed by atoms with Crippen molar-refractivity contribution in [2.75, 3.05) is 20.1 Å². The highest BCUT2D eigenvalue weighted by atomic mass is 16.5. The van der Waals surface area contributed by atoms with Crippen LogP contribution in [0.1, 0.15) is 24.1 Å². The molecule has 30 heavy (non-hydrogen) atoms. The molecule has 156 valence electrons. The van der Waals surface area contributed by atoms with Crippen LogP contribution >= 0.6 is 0 Å².